The maximum atomic E-state index is 12.4. The van der Waals surface area contributed by atoms with E-state index in [9.17, 15) is 4.79 Å². The normalized spacial score (nSPS) is 22.8. The lowest BCUT2D eigenvalue weighted by Crippen LogP contribution is -2.24. The average molecular weight is 274 g/mol. The molecule has 1 aliphatic rings. The molecule has 2 heteroatoms. The number of ether oxygens (including phenoxy) is 1. The van der Waals surface area contributed by atoms with Crippen LogP contribution in [-0.4, -0.2) is 18.5 Å². The second-order valence-corrected chi connectivity index (χ2v) is 6.39. The summed E-state index contributed by atoms with van der Waals surface area (Å²) < 4.78 is 5.84. The lowest BCUT2D eigenvalue weighted by Gasteiger charge is -2.26. The van der Waals surface area contributed by atoms with E-state index < -0.39 is 0 Å². The topological polar surface area (TPSA) is 26.3 Å². The summed E-state index contributed by atoms with van der Waals surface area (Å²) in [5.74, 6) is 0.936. The number of hydrogen-bond acceptors (Lipinski definition) is 2. The summed E-state index contributed by atoms with van der Waals surface area (Å²) in [6.45, 7) is 8.60. The van der Waals surface area contributed by atoms with Crippen LogP contribution in [0.1, 0.15) is 59.7 Å². The van der Waals surface area contributed by atoms with Crippen LogP contribution in [0.4, 0.5) is 0 Å². The maximum absolute atomic E-state index is 12.4. The molecule has 20 heavy (non-hydrogen) atoms. The predicted octanol–water partition coefficient (Wildman–Crippen LogP) is 4.39. The summed E-state index contributed by atoms with van der Waals surface area (Å²) in [6, 6.07) is 4.14. The highest BCUT2D eigenvalue weighted by atomic mass is 16.5. The Hall–Kier alpha value is -1.15. The molecule has 0 radical (unpaired) electrons. The van der Waals surface area contributed by atoms with Crippen LogP contribution in [0.2, 0.25) is 0 Å². The zero-order chi connectivity index (χ0) is 14.7. The molecule has 0 bridgehead atoms. The third kappa shape index (κ3) is 3.69. The molecule has 110 valence electrons. The largest absolute Gasteiger partial charge is 0.370 e. The van der Waals surface area contributed by atoms with E-state index in [1.807, 2.05) is 13.8 Å². The number of carbonyl (C=O) groups excluding carboxylic acids is 1. The first-order valence-corrected chi connectivity index (χ1v) is 7.70. The lowest BCUT2D eigenvalue weighted by atomic mass is 9.89. The minimum absolute atomic E-state index is 0.124. The van der Waals surface area contributed by atoms with Crippen LogP contribution < -0.4 is 0 Å². The smallest absolute Gasteiger partial charge is 0.189 e. The molecule has 1 aromatic carbocycles. The Bertz CT molecular complexity index is 459. The van der Waals surface area contributed by atoms with Crippen LogP contribution in [0.15, 0.2) is 12.1 Å². The molecule has 2 rings (SSSR count). The van der Waals surface area contributed by atoms with Gasteiger partial charge in [-0.2, -0.15) is 0 Å². The van der Waals surface area contributed by atoms with Crippen molar-refractivity contribution in [3.05, 3.63) is 34.4 Å². The van der Waals surface area contributed by atoms with Gasteiger partial charge in [0.2, 0.25) is 0 Å². The summed E-state index contributed by atoms with van der Waals surface area (Å²) in [5, 5.41) is 0. The van der Waals surface area contributed by atoms with Crippen LogP contribution in [-0.2, 0) is 4.74 Å². The number of aryl methyl sites for hydroxylation is 3. The Labute approximate surface area is 122 Å². The Morgan fingerprint density at radius 3 is 2.20 bits per heavy atom. The molecule has 0 aliphatic heterocycles. The van der Waals surface area contributed by atoms with Crippen LogP contribution in [0, 0.1) is 26.7 Å². The highest BCUT2D eigenvalue weighted by molar-refractivity contribution is 5.99. The standard InChI is InChI=1S/C18H26O2/c1-12-5-7-16(8-6-12)20-11-17(19)18-14(3)9-13(2)10-15(18)4/h9-10,12,16H,5-8,11H2,1-4H3. The second kappa shape index (κ2) is 6.53. The van der Waals surface area contributed by atoms with Crippen LogP contribution in [0.5, 0.6) is 0 Å². The molecule has 0 N–H and O–H groups in total. The van der Waals surface area contributed by atoms with E-state index in [-0.39, 0.29) is 18.5 Å². The third-order valence-electron chi connectivity index (χ3n) is 4.37. The third-order valence-corrected chi connectivity index (χ3v) is 4.37. The molecule has 1 fully saturated rings. The highest BCUT2D eigenvalue weighted by Crippen LogP contribution is 2.26. The molecular formula is C18H26O2. The fourth-order valence-electron chi connectivity index (χ4n) is 3.28. The molecule has 1 aromatic rings. The molecular weight excluding hydrogens is 248 g/mol. The monoisotopic (exact) mass is 274 g/mol. The molecule has 0 unspecified atom stereocenters. The van der Waals surface area contributed by atoms with Crippen LogP contribution >= 0.6 is 0 Å². The zero-order valence-corrected chi connectivity index (χ0v) is 13.2. The molecule has 0 aromatic heterocycles. The Balaban J connectivity index is 1.95. The van der Waals surface area contributed by atoms with Crippen molar-refractivity contribution in [1.82, 2.24) is 0 Å². The van der Waals surface area contributed by atoms with Crippen LogP contribution in [0.25, 0.3) is 0 Å². The fraction of sp³-hybridized carbons (Fsp3) is 0.611. The van der Waals surface area contributed by atoms with E-state index in [0.717, 1.165) is 35.4 Å². The molecule has 0 amide bonds. The SMILES string of the molecule is Cc1cc(C)c(C(=O)COC2CCC(C)CC2)c(C)c1. The van der Waals surface area contributed by atoms with E-state index in [1.165, 1.54) is 18.4 Å². The second-order valence-electron chi connectivity index (χ2n) is 6.39. The molecule has 0 atom stereocenters. The summed E-state index contributed by atoms with van der Waals surface area (Å²) in [7, 11) is 0. The van der Waals surface area contributed by atoms with Crippen molar-refractivity contribution >= 4 is 5.78 Å². The Kier molecular flexibility index (Phi) is 4.98. The fourth-order valence-corrected chi connectivity index (χ4v) is 3.28. The van der Waals surface area contributed by atoms with Crippen molar-refractivity contribution in [1.29, 1.82) is 0 Å². The van der Waals surface area contributed by atoms with Gasteiger partial charge in [-0.3, -0.25) is 4.79 Å². The van der Waals surface area contributed by atoms with Crippen molar-refractivity contribution in [3.8, 4) is 0 Å². The summed E-state index contributed by atoms with van der Waals surface area (Å²) in [4.78, 5) is 12.4. The number of carbonyl (C=O) groups is 1. The first kappa shape index (κ1) is 15.2. The van der Waals surface area contributed by atoms with E-state index >= 15 is 0 Å². The molecule has 0 heterocycles. The number of hydrogen-bond donors (Lipinski definition) is 0. The lowest BCUT2D eigenvalue weighted by molar-refractivity contribution is 0.0217. The van der Waals surface area contributed by atoms with Gasteiger partial charge in [0, 0.05) is 5.56 Å². The van der Waals surface area contributed by atoms with Crippen molar-refractivity contribution in [2.75, 3.05) is 6.61 Å². The number of ketones is 1. The minimum Gasteiger partial charge on any atom is -0.370 e. The number of rotatable bonds is 4. The zero-order valence-electron chi connectivity index (χ0n) is 13.2. The van der Waals surface area contributed by atoms with Crippen LogP contribution in [0.3, 0.4) is 0 Å². The van der Waals surface area contributed by atoms with Crippen molar-refractivity contribution in [2.24, 2.45) is 5.92 Å². The Morgan fingerprint density at radius 2 is 1.65 bits per heavy atom. The molecule has 2 nitrogen and oxygen atoms in total. The predicted molar refractivity (Wildman–Crippen MR) is 82.4 cm³/mol. The first-order valence-electron chi connectivity index (χ1n) is 7.70. The highest BCUT2D eigenvalue weighted by Gasteiger charge is 2.20. The quantitative estimate of drug-likeness (QED) is 0.761. The molecule has 0 saturated heterocycles. The van der Waals surface area contributed by atoms with Gasteiger partial charge >= 0.3 is 0 Å². The van der Waals surface area contributed by atoms with E-state index in [0.29, 0.717) is 0 Å². The summed E-state index contributed by atoms with van der Waals surface area (Å²) in [5.41, 5.74) is 4.18. The van der Waals surface area contributed by atoms with Gasteiger partial charge in [0.15, 0.2) is 5.78 Å². The number of Topliss-reactive ketones (excluding diaryl/α,β-unsaturated/α-hetero) is 1. The van der Waals surface area contributed by atoms with Gasteiger partial charge in [0.25, 0.3) is 0 Å². The van der Waals surface area contributed by atoms with Gasteiger partial charge in [0.1, 0.15) is 6.61 Å². The number of benzene rings is 1. The molecule has 0 spiro atoms. The maximum Gasteiger partial charge on any atom is 0.189 e. The van der Waals surface area contributed by atoms with Crippen molar-refractivity contribution in [3.63, 3.8) is 0 Å². The van der Waals surface area contributed by atoms with Crippen molar-refractivity contribution in [2.45, 2.75) is 59.5 Å². The van der Waals surface area contributed by atoms with Gasteiger partial charge in [-0.1, -0.05) is 24.6 Å². The van der Waals surface area contributed by atoms with E-state index in [2.05, 4.69) is 26.0 Å². The average Bonchev–Trinajstić information content (AvgIpc) is 2.37. The van der Waals surface area contributed by atoms with E-state index in [4.69, 9.17) is 4.74 Å². The Morgan fingerprint density at radius 1 is 1.10 bits per heavy atom. The minimum atomic E-state index is 0.124. The van der Waals surface area contributed by atoms with Gasteiger partial charge < -0.3 is 4.74 Å². The van der Waals surface area contributed by atoms with Crippen molar-refractivity contribution < 1.29 is 9.53 Å². The van der Waals surface area contributed by atoms with Gasteiger partial charge in [-0.15, -0.1) is 0 Å². The molecule has 1 aliphatic carbocycles. The van der Waals surface area contributed by atoms with E-state index in [1.54, 1.807) is 0 Å². The van der Waals surface area contributed by atoms with Gasteiger partial charge in [0.05, 0.1) is 6.10 Å². The van der Waals surface area contributed by atoms with Gasteiger partial charge in [-0.05, 0) is 63.5 Å². The summed E-state index contributed by atoms with van der Waals surface area (Å²) in [6.07, 6.45) is 4.92. The summed E-state index contributed by atoms with van der Waals surface area (Å²) >= 11 is 0. The first-order chi connectivity index (χ1) is 9.47. The molecule has 1 saturated carbocycles. The van der Waals surface area contributed by atoms with Gasteiger partial charge in [-0.25, -0.2) is 0 Å².